The molecule has 5 atom stereocenters. The zero-order valence-electron chi connectivity index (χ0n) is 20.2. The van der Waals surface area contributed by atoms with E-state index in [9.17, 15) is 19.5 Å². The topological polar surface area (TPSA) is 80.7 Å². The van der Waals surface area contributed by atoms with Crippen LogP contribution in [-0.4, -0.2) is 40.2 Å². The average molecular weight is 487 g/mol. The molecule has 6 heteroatoms. The first-order chi connectivity index (χ1) is 16.2. The smallest absolute Gasteiger partial charge is 0.309 e. The van der Waals surface area contributed by atoms with E-state index in [1.807, 2.05) is 13.0 Å². The number of halogens is 1. The number of esters is 1. The summed E-state index contributed by atoms with van der Waals surface area (Å²) in [5.41, 5.74) is 0.701. The quantitative estimate of drug-likeness (QED) is 0.343. The van der Waals surface area contributed by atoms with Crippen LogP contribution in [-0.2, 0) is 19.1 Å². The number of fused-ring (bicyclic) bond motifs is 4. The van der Waals surface area contributed by atoms with Crippen LogP contribution in [0.15, 0.2) is 34.9 Å². The Morgan fingerprint density at radius 1 is 1.15 bits per heavy atom. The molecule has 0 heterocycles. The van der Waals surface area contributed by atoms with Gasteiger partial charge in [-0.1, -0.05) is 43.4 Å². The van der Waals surface area contributed by atoms with E-state index in [-0.39, 0.29) is 35.3 Å². The Hall–Kier alpha value is -1.72. The second kappa shape index (κ2) is 8.44. The highest BCUT2D eigenvalue weighted by atomic mass is 35.5. The molecule has 5 rings (SSSR count). The van der Waals surface area contributed by atoms with E-state index < -0.39 is 22.5 Å². The summed E-state index contributed by atoms with van der Waals surface area (Å²) >= 11 is 6.12. The number of aliphatic hydroxyl groups is 1. The number of carbonyl (C=O) groups excluding carboxylic acids is 3. The van der Waals surface area contributed by atoms with Crippen LogP contribution in [0.2, 0.25) is 0 Å². The molecule has 0 amide bonds. The maximum Gasteiger partial charge on any atom is 0.309 e. The van der Waals surface area contributed by atoms with Crippen molar-refractivity contribution in [3.05, 3.63) is 34.9 Å². The third kappa shape index (κ3) is 3.33. The van der Waals surface area contributed by atoms with Crippen LogP contribution in [0.25, 0.3) is 0 Å². The number of rotatable bonds is 4. The molecule has 0 aliphatic heterocycles. The lowest BCUT2D eigenvalue weighted by Crippen LogP contribution is -2.59. The summed E-state index contributed by atoms with van der Waals surface area (Å²) in [7, 11) is 0. The predicted molar refractivity (Wildman–Crippen MR) is 129 cm³/mol. The number of Topliss-reactive ketones (excluding diaryl/α,β-unsaturated/α-hetero) is 1. The molecule has 2 fully saturated rings. The molecule has 184 valence electrons. The zero-order valence-corrected chi connectivity index (χ0v) is 21.0. The van der Waals surface area contributed by atoms with Gasteiger partial charge in [-0.2, -0.15) is 0 Å². The van der Waals surface area contributed by atoms with Crippen molar-refractivity contribution in [3.8, 4) is 0 Å². The third-order valence-corrected chi connectivity index (χ3v) is 10.0. The molecule has 0 saturated heterocycles. The molecular weight excluding hydrogens is 452 g/mol. The maximum atomic E-state index is 13.4. The van der Waals surface area contributed by atoms with E-state index in [1.165, 1.54) is 5.57 Å². The number of hydrogen-bond acceptors (Lipinski definition) is 5. The van der Waals surface area contributed by atoms with Crippen molar-refractivity contribution in [3.63, 3.8) is 0 Å². The van der Waals surface area contributed by atoms with Gasteiger partial charge in [0.1, 0.15) is 0 Å². The van der Waals surface area contributed by atoms with Gasteiger partial charge in [0.15, 0.2) is 17.2 Å². The SMILES string of the molecule is C[C@]12C=CC(=O)C=C1CCC1=C2[C@@H](O)C[C@@]2(C)[C@H]1CC[C@]2(OC(=O)C1CCCCC1)C(=O)CCl. The van der Waals surface area contributed by atoms with Crippen molar-refractivity contribution in [1.82, 2.24) is 0 Å². The monoisotopic (exact) mass is 486 g/mol. The fourth-order valence-electron chi connectivity index (χ4n) is 7.97. The van der Waals surface area contributed by atoms with E-state index in [0.717, 1.165) is 62.5 Å². The summed E-state index contributed by atoms with van der Waals surface area (Å²) in [6.45, 7) is 4.10. The minimum absolute atomic E-state index is 0.00567. The second-order valence-electron chi connectivity index (χ2n) is 11.4. The van der Waals surface area contributed by atoms with Gasteiger partial charge in [0.05, 0.1) is 17.9 Å². The van der Waals surface area contributed by atoms with Crippen molar-refractivity contribution in [2.75, 3.05) is 5.88 Å². The minimum Gasteiger partial charge on any atom is -0.450 e. The van der Waals surface area contributed by atoms with Gasteiger partial charge in [-0.3, -0.25) is 14.4 Å². The standard InChI is InChI=1S/C28H35ClO5/c1-26-12-10-19(30)14-18(26)8-9-20-21-11-13-28(23(32)16-29,27(21,2)15-22(31)24(20)26)34-25(33)17-6-4-3-5-7-17/h10,12,14,17,21-22,31H,3-9,11,13,15-16H2,1-2H3/t21-,22-,26-,27-,28-/m0/s1. The van der Waals surface area contributed by atoms with Crippen molar-refractivity contribution < 1.29 is 24.2 Å². The Kier molecular flexibility index (Phi) is 5.96. The lowest BCUT2D eigenvalue weighted by atomic mass is 9.52. The first-order valence-electron chi connectivity index (χ1n) is 12.8. The van der Waals surface area contributed by atoms with Gasteiger partial charge in [-0.15, -0.1) is 11.6 Å². The molecule has 34 heavy (non-hydrogen) atoms. The summed E-state index contributed by atoms with van der Waals surface area (Å²) in [6, 6.07) is 0. The second-order valence-corrected chi connectivity index (χ2v) is 11.7. The predicted octanol–water partition coefficient (Wildman–Crippen LogP) is 5.00. The Morgan fingerprint density at radius 2 is 1.88 bits per heavy atom. The van der Waals surface area contributed by atoms with Crippen LogP contribution < -0.4 is 0 Å². The molecule has 0 aromatic heterocycles. The lowest BCUT2D eigenvalue weighted by Gasteiger charge is -2.54. The summed E-state index contributed by atoms with van der Waals surface area (Å²) < 4.78 is 6.26. The Balaban J connectivity index is 1.55. The van der Waals surface area contributed by atoms with Crippen LogP contribution in [0.1, 0.15) is 78.1 Å². The summed E-state index contributed by atoms with van der Waals surface area (Å²) in [5.74, 6) is -0.867. The molecule has 0 unspecified atom stereocenters. The highest BCUT2D eigenvalue weighted by Crippen LogP contribution is 2.65. The van der Waals surface area contributed by atoms with Gasteiger partial charge in [0, 0.05) is 10.8 Å². The van der Waals surface area contributed by atoms with Gasteiger partial charge in [-0.05, 0) is 75.5 Å². The van der Waals surface area contributed by atoms with Crippen molar-refractivity contribution in [2.24, 2.45) is 22.7 Å². The summed E-state index contributed by atoms with van der Waals surface area (Å²) in [4.78, 5) is 38.8. The molecule has 0 aromatic rings. The number of hydrogen-bond donors (Lipinski definition) is 1. The molecule has 5 nitrogen and oxygen atoms in total. The number of allylic oxidation sites excluding steroid dienone is 5. The van der Waals surface area contributed by atoms with E-state index >= 15 is 0 Å². The fourth-order valence-corrected chi connectivity index (χ4v) is 8.18. The largest absolute Gasteiger partial charge is 0.450 e. The Bertz CT molecular complexity index is 1020. The molecule has 0 aromatic carbocycles. The van der Waals surface area contributed by atoms with Gasteiger partial charge in [0.2, 0.25) is 0 Å². The van der Waals surface area contributed by atoms with Crippen LogP contribution in [0.4, 0.5) is 0 Å². The molecule has 5 aliphatic rings. The van der Waals surface area contributed by atoms with Crippen LogP contribution in [0, 0.1) is 22.7 Å². The van der Waals surface area contributed by atoms with E-state index in [1.54, 1.807) is 12.2 Å². The normalized spacial score (nSPS) is 39.8. The Labute approximate surface area is 206 Å². The number of alkyl halides is 1. The molecular formula is C28H35ClO5. The van der Waals surface area contributed by atoms with E-state index in [0.29, 0.717) is 12.8 Å². The zero-order chi connectivity index (χ0) is 24.3. The van der Waals surface area contributed by atoms with Gasteiger partial charge >= 0.3 is 5.97 Å². The third-order valence-electron chi connectivity index (χ3n) is 9.77. The molecule has 0 bridgehead atoms. The fraction of sp³-hybridized carbons (Fsp3) is 0.679. The number of aliphatic hydroxyl groups excluding tert-OH is 1. The van der Waals surface area contributed by atoms with Crippen LogP contribution >= 0.6 is 11.6 Å². The van der Waals surface area contributed by atoms with Crippen LogP contribution in [0.3, 0.4) is 0 Å². The molecule has 5 aliphatic carbocycles. The maximum absolute atomic E-state index is 13.4. The number of ether oxygens (including phenoxy) is 1. The molecule has 0 radical (unpaired) electrons. The minimum atomic E-state index is -1.30. The summed E-state index contributed by atoms with van der Waals surface area (Å²) in [6.07, 6.45) is 12.2. The van der Waals surface area contributed by atoms with Gasteiger partial charge in [0.25, 0.3) is 0 Å². The molecule has 2 saturated carbocycles. The summed E-state index contributed by atoms with van der Waals surface area (Å²) in [5, 5.41) is 11.6. The number of ketones is 2. The van der Waals surface area contributed by atoms with Gasteiger partial charge < -0.3 is 9.84 Å². The lowest BCUT2D eigenvalue weighted by molar-refractivity contribution is -0.187. The highest BCUT2D eigenvalue weighted by molar-refractivity contribution is 6.29. The van der Waals surface area contributed by atoms with E-state index in [2.05, 4.69) is 6.92 Å². The molecule has 0 spiro atoms. The average Bonchev–Trinajstić information content (AvgIpc) is 3.11. The van der Waals surface area contributed by atoms with Gasteiger partial charge in [-0.25, -0.2) is 0 Å². The van der Waals surface area contributed by atoms with Crippen molar-refractivity contribution in [1.29, 1.82) is 0 Å². The van der Waals surface area contributed by atoms with Crippen molar-refractivity contribution >= 4 is 29.1 Å². The van der Waals surface area contributed by atoms with E-state index in [4.69, 9.17) is 16.3 Å². The highest BCUT2D eigenvalue weighted by Gasteiger charge is 2.67. The first kappa shape index (κ1) is 24.0. The number of carbonyl (C=O) groups is 3. The van der Waals surface area contributed by atoms with Crippen LogP contribution in [0.5, 0.6) is 0 Å². The molecule has 1 N–H and O–H groups in total. The first-order valence-corrected chi connectivity index (χ1v) is 13.4. The Morgan fingerprint density at radius 3 is 2.59 bits per heavy atom. The van der Waals surface area contributed by atoms with Crippen molar-refractivity contribution in [2.45, 2.75) is 89.8 Å².